The van der Waals surface area contributed by atoms with Crippen LogP contribution in [0.4, 0.5) is 11.6 Å². The van der Waals surface area contributed by atoms with Crippen molar-refractivity contribution in [2.24, 2.45) is 0 Å². The van der Waals surface area contributed by atoms with E-state index in [1.54, 1.807) is 12.1 Å². The van der Waals surface area contributed by atoms with E-state index in [0.29, 0.717) is 35.5 Å². The molecular weight excluding hydrogens is 376 g/mol. The molecule has 4 rings (SSSR count). The van der Waals surface area contributed by atoms with E-state index in [1.165, 1.54) is 16.1 Å². The quantitative estimate of drug-likeness (QED) is 0.465. The number of aromatic nitrogens is 4. The number of aryl methyl sites for hydroxylation is 1. The lowest BCUT2D eigenvalue weighted by atomic mass is 10.1. The second kappa shape index (κ2) is 7.74. The molecule has 8 heteroatoms. The number of nitrogens with zero attached hydrogens (tertiary/aromatic N) is 3. The first kappa shape index (κ1) is 18.1. The van der Waals surface area contributed by atoms with Crippen LogP contribution < -0.4 is 16.2 Å². The largest absolute Gasteiger partial charge is 0.379 e. The number of hydrogen-bond acceptors (Lipinski definition) is 5. The van der Waals surface area contributed by atoms with Gasteiger partial charge in [-0.15, -0.1) is 0 Å². The van der Waals surface area contributed by atoms with Gasteiger partial charge < -0.3 is 10.6 Å². The molecule has 28 heavy (non-hydrogen) atoms. The van der Waals surface area contributed by atoms with Gasteiger partial charge in [0.25, 0.3) is 11.3 Å². The van der Waals surface area contributed by atoms with Crippen LogP contribution >= 0.6 is 11.6 Å². The minimum Gasteiger partial charge on any atom is -0.379 e. The van der Waals surface area contributed by atoms with Crippen LogP contribution in [0.3, 0.4) is 0 Å². The second-order valence-electron chi connectivity index (χ2n) is 6.49. The molecule has 2 aromatic heterocycles. The van der Waals surface area contributed by atoms with E-state index in [4.69, 9.17) is 11.6 Å². The third-order valence-electron chi connectivity index (χ3n) is 4.28. The number of anilines is 2. The van der Waals surface area contributed by atoms with E-state index < -0.39 is 0 Å². The van der Waals surface area contributed by atoms with Crippen molar-refractivity contribution >= 4 is 29.0 Å². The Bertz CT molecular complexity index is 1150. The Morgan fingerprint density at radius 3 is 2.50 bits per heavy atom. The zero-order valence-corrected chi connectivity index (χ0v) is 16.0. The van der Waals surface area contributed by atoms with E-state index in [0.717, 1.165) is 11.3 Å². The van der Waals surface area contributed by atoms with E-state index in [9.17, 15) is 4.79 Å². The highest BCUT2D eigenvalue weighted by Gasteiger charge is 2.08. The normalized spacial score (nSPS) is 10.9. The molecule has 0 radical (unpaired) electrons. The summed E-state index contributed by atoms with van der Waals surface area (Å²) in [5, 5.41) is 10.0. The van der Waals surface area contributed by atoms with Crippen molar-refractivity contribution in [2.75, 3.05) is 10.6 Å². The van der Waals surface area contributed by atoms with Crippen LogP contribution in [-0.2, 0) is 13.1 Å². The number of fused-ring (bicyclic) bond motifs is 1. The molecule has 142 valence electrons. The van der Waals surface area contributed by atoms with Gasteiger partial charge in [-0.2, -0.15) is 9.50 Å². The number of hydrogen-bond donors (Lipinski definition) is 3. The van der Waals surface area contributed by atoms with E-state index in [-0.39, 0.29) is 5.56 Å². The molecule has 0 saturated heterocycles. The Kier molecular flexibility index (Phi) is 4.99. The lowest BCUT2D eigenvalue weighted by Gasteiger charge is -2.05. The summed E-state index contributed by atoms with van der Waals surface area (Å²) < 4.78 is 1.32. The Hall–Kier alpha value is -3.32. The average Bonchev–Trinajstić information content (AvgIpc) is 3.11. The SMILES string of the molecule is Cc1ccc(CNc2nc3nc(CNc4ccc(Cl)cc4)cc(=O)n3[nH]2)cc1. The molecule has 0 saturated carbocycles. The van der Waals surface area contributed by atoms with E-state index in [1.807, 2.05) is 19.1 Å². The van der Waals surface area contributed by atoms with Crippen LogP contribution in [0.2, 0.25) is 5.02 Å². The number of aromatic amines is 1. The first-order valence-corrected chi connectivity index (χ1v) is 9.22. The Labute approximate surface area is 166 Å². The van der Waals surface area contributed by atoms with Gasteiger partial charge in [0.15, 0.2) is 0 Å². The predicted molar refractivity (Wildman–Crippen MR) is 111 cm³/mol. The molecular formula is C20H19ClN6O. The minimum absolute atomic E-state index is 0.214. The summed E-state index contributed by atoms with van der Waals surface area (Å²) >= 11 is 5.89. The molecule has 0 unspecified atom stereocenters. The van der Waals surface area contributed by atoms with Crippen LogP contribution in [0.25, 0.3) is 5.78 Å². The van der Waals surface area contributed by atoms with Gasteiger partial charge >= 0.3 is 0 Å². The van der Waals surface area contributed by atoms with Crippen LogP contribution in [0.15, 0.2) is 59.4 Å². The molecule has 4 aromatic rings. The van der Waals surface area contributed by atoms with Crippen LogP contribution in [-0.4, -0.2) is 19.6 Å². The van der Waals surface area contributed by atoms with Gasteiger partial charge in [-0.3, -0.25) is 9.89 Å². The van der Waals surface area contributed by atoms with Crippen molar-refractivity contribution in [3.63, 3.8) is 0 Å². The third kappa shape index (κ3) is 4.15. The number of halogens is 1. The minimum atomic E-state index is -0.214. The molecule has 7 nitrogen and oxygen atoms in total. The van der Waals surface area contributed by atoms with Crippen molar-refractivity contribution in [3.05, 3.63) is 86.8 Å². The van der Waals surface area contributed by atoms with Crippen LogP contribution in [0.1, 0.15) is 16.8 Å². The number of benzene rings is 2. The molecule has 2 heterocycles. The summed E-state index contributed by atoms with van der Waals surface area (Å²) in [5.74, 6) is 0.819. The van der Waals surface area contributed by atoms with Gasteiger partial charge in [-0.1, -0.05) is 41.4 Å². The maximum atomic E-state index is 12.4. The molecule has 0 aliphatic heterocycles. The highest BCUT2D eigenvalue weighted by molar-refractivity contribution is 6.30. The summed E-state index contributed by atoms with van der Waals surface area (Å²) in [6.45, 7) is 3.06. The Balaban J connectivity index is 1.47. The zero-order valence-electron chi connectivity index (χ0n) is 15.2. The fourth-order valence-electron chi connectivity index (χ4n) is 2.75. The second-order valence-corrected chi connectivity index (χ2v) is 6.93. The monoisotopic (exact) mass is 394 g/mol. The molecule has 0 aliphatic carbocycles. The zero-order chi connectivity index (χ0) is 19.5. The van der Waals surface area contributed by atoms with Crippen molar-refractivity contribution in [2.45, 2.75) is 20.0 Å². The van der Waals surface area contributed by atoms with E-state index >= 15 is 0 Å². The number of nitrogens with one attached hydrogen (secondary N) is 3. The van der Waals surface area contributed by atoms with Crippen molar-refractivity contribution in [1.29, 1.82) is 0 Å². The van der Waals surface area contributed by atoms with Crippen molar-refractivity contribution < 1.29 is 0 Å². The predicted octanol–water partition coefficient (Wildman–Crippen LogP) is 3.60. The molecule has 0 atom stereocenters. The number of rotatable bonds is 6. The van der Waals surface area contributed by atoms with Gasteiger partial charge in [0, 0.05) is 23.3 Å². The fourth-order valence-corrected chi connectivity index (χ4v) is 2.88. The maximum absolute atomic E-state index is 12.4. The van der Waals surface area contributed by atoms with Gasteiger partial charge in [0.1, 0.15) is 0 Å². The average molecular weight is 395 g/mol. The summed E-state index contributed by atoms with van der Waals surface area (Å²) in [7, 11) is 0. The van der Waals surface area contributed by atoms with Crippen molar-refractivity contribution in [1.82, 2.24) is 19.6 Å². The molecule has 0 aliphatic rings. The standard InChI is InChI=1S/C20H19ClN6O/c1-13-2-4-14(5-3-13)11-23-19-25-20-24-17(10-18(28)27(20)26-19)12-22-16-8-6-15(21)7-9-16/h2-10,22H,11-12H2,1H3,(H2,23,24,25,26). The van der Waals surface area contributed by atoms with Crippen molar-refractivity contribution in [3.8, 4) is 0 Å². The number of H-pyrrole nitrogens is 1. The first-order valence-electron chi connectivity index (χ1n) is 8.84. The maximum Gasteiger partial charge on any atom is 0.274 e. The molecule has 0 fully saturated rings. The van der Waals surface area contributed by atoms with Gasteiger partial charge in [0.2, 0.25) is 5.95 Å². The third-order valence-corrected chi connectivity index (χ3v) is 4.53. The Morgan fingerprint density at radius 2 is 1.75 bits per heavy atom. The topological polar surface area (TPSA) is 87.1 Å². The summed E-state index contributed by atoms with van der Waals surface area (Å²) in [5.41, 5.74) is 3.63. The lowest BCUT2D eigenvalue weighted by molar-refractivity contribution is 0.874. The van der Waals surface area contributed by atoms with Crippen LogP contribution in [0.5, 0.6) is 0 Å². The summed E-state index contributed by atoms with van der Waals surface area (Å²) in [4.78, 5) is 21.2. The molecule has 3 N–H and O–H groups in total. The molecule has 2 aromatic carbocycles. The molecule has 0 spiro atoms. The van der Waals surface area contributed by atoms with E-state index in [2.05, 4.69) is 50.0 Å². The highest BCUT2D eigenvalue weighted by Crippen LogP contribution is 2.14. The Morgan fingerprint density at radius 1 is 1.00 bits per heavy atom. The van der Waals surface area contributed by atoms with Gasteiger partial charge in [0.05, 0.1) is 12.2 Å². The molecule has 0 amide bonds. The van der Waals surface area contributed by atoms with Gasteiger partial charge in [-0.25, -0.2) is 4.98 Å². The van der Waals surface area contributed by atoms with Gasteiger partial charge in [-0.05, 0) is 36.8 Å². The summed E-state index contributed by atoms with van der Waals surface area (Å²) in [6.07, 6.45) is 0. The lowest BCUT2D eigenvalue weighted by Crippen LogP contribution is -2.17. The van der Waals surface area contributed by atoms with Crippen LogP contribution in [0, 0.1) is 6.92 Å². The highest BCUT2D eigenvalue weighted by atomic mass is 35.5. The smallest absolute Gasteiger partial charge is 0.274 e. The summed E-state index contributed by atoms with van der Waals surface area (Å²) in [6, 6.07) is 17.0. The fraction of sp³-hybridized carbons (Fsp3) is 0.150. The first-order chi connectivity index (χ1) is 13.6. The molecule has 0 bridgehead atoms.